The van der Waals surface area contributed by atoms with Crippen LogP contribution in [0.25, 0.3) is 11.1 Å². The van der Waals surface area contributed by atoms with E-state index in [1.54, 1.807) is 6.26 Å². The fourth-order valence-corrected chi connectivity index (χ4v) is 2.71. The normalized spacial score (nSPS) is 14.8. The summed E-state index contributed by atoms with van der Waals surface area (Å²) in [7, 11) is 2.13. The van der Waals surface area contributed by atoms with E-state index in [0.717, 1.165) is 30.6 Å². The molecule has 0 unspecified atom stereocenters. The molecule has 1 N–H and O–H groups in total. The minimum Gasteiger partial charge on any atom is -0.363 e. The number of carbonyl (C=O) groups is 1. The van der Waals surface area contributed by atoms with Crippen LogP contribution < -0.4 is 5.32 Å². The minimum absolute atomic E-state index is 0.196. The van der Waals surface area contributed by atoms with E-state index in [1.165, 1.54) is 11.1 Å². The number of hydrogen-bond acceptors (Lipinski definition) is 4. The van der Waals surface area contributed by atoms with Gasteiger partial charge in [-0.3, -0.25) is 4.79 Å². The molecule has 3 rings (SSSR count). The molecule has 110 valence electrons. The molecule has 0 spiro atoms. The molecule has 2 heterocycles. The molecular weight excluding hydrogens is 266 g/mol. The molecular formula is C16H19N3O2. The standard InChI is InChI=1S/C16H19N3O2/c1-3-17-16(20)15-14(10-21-18-15)12-4-5-13-9-19(2)7-6-11(13)8-12/h4-5,8,10H,3,6-7,9H2,1-2H3,(H,17,20). The van der Waals surface area contributed by atoms with Gasteiger partial charge in [-0.25, -0.2) is 0 Å². The molecule has 0 fully saturated rings. The summed E-state index contributed by atoms with van der Waals surface area (Å²) in [6, 6.07) is 6.32. The minimum atomic E-state index is -0.196. The predicted molar refractivity (Wildman–Crippen MR) is 80.0 cm³/mol. The number of fused-ring (bicyclic) bond motifs is 1. The molecule has 1 amide bonds. The first-order chi connectivity index (χ1) is 10.2. The summed E-state index contributed by atoms with van der Waals surface area (Å²) in [6.07, 6.45) is 2.57. The van der Waals surface area contributed by atoms with Gasteiger partial charge in [-0.2, -0.15) is 0 Å². The van der Waals surface area contributed by atoms with Crippen molar-refractivity contribution in [3.05, 3.63) is 41.3 Å². The third kappa shape index (κ3) is 2.69. The second-order valence-electron chi connectivity index (χ2n) is 5.41. The van der Waals surface area contributed by atoms with Crippen molar-refractivity contribution in [2.45, 2.75) is 19.9 Å². The summed E-state index contributed by atoms with van der Waals surface area (Å²) in [6.45, 7) is 4.49. The fourth-order valence-electron chi connectivity index (χ4n) is 2.71. The maximum absolute atomic E-state index is 12.0. The van der Waals surface area contributed by atoms with E-state index in [1.807, 2.05) is 13.0 Å². The Balaban J connectivity index is 1.95. The summed E-state index contributed by atoms with van der Waals surface area (Å²) in [5.41, 5.74) is 4.78. The lowest BCUT2D eigenvalue weighted by atomic mass is 9.95. The molecule has 1 aromatic carbocycles. The van der Waals surface area contributed by atoms with Crippen molar-refractivity contribution >= 4 is 5.91 Å². The van der Waals surface area contributed by atoms with Crippen molar-refractivity contribution in [1.82, 2.24) is 15.4 Å². The molecule has 1 aliphatic rings. The van der Waals surface area contributed by atoms with Gasteiger partial charge in [0.2, 0.25) is 0 Å². The van der Waals surface area contributed by atoms with Crippen LogP contribution in [-0.2, 0) is 13.0 Å². The van der Waals surface area contributed by atoms with Crippen molar-refractivity contribution in [3.8, 4) is 11.1 Å². The molecule has 0 aliphatic carbocycles. The van der Waals surface area contributed by atoms with Gasteiger partial charge in [-0.1, -0.05) is 23.4 Å². The summed E-state index contributed by atoms with van der Waals surface area (Å²) in [4.78, 5) is 14.3. The van der Waals surface area contributed by atoms with Crippen molar-refractivity contribution in [3.63, 3.8) is 0 Å². The van der Waals surface area contributed by atoms with Crippen LogP contribution >= 0.6 is 0 Å². The average Bonchev–Trinajstić information content (AvgIpc) is 2.96. The van der Waals surface area contributed by atoms with Gasteiger partial charge >= 0.3 is 0 Å². The number of carbonyl (C=O) groups excluding carboxylic acids is 1. The van der Waals surface area contributed by atoms with Crippen LogP contribution in [0.3, 0.4) is 0 Å². The maximum atomic E-state index is 12.0. The number of nitrogens with one attached hydrogen (secondary N) is 1. The van der Waals surface area contributed by atoms with E-state index in [4.69, 9.17) is 4.52 Å². The first-order valence-electron chi connectivity index (χ1n) is 7.22. The zero-order valence-corrected chi connectivity index (χ0v) is 12.3. The lowest BCUT2D eigenvalue weighted by molar-refractivity contribution is 0.0947. The fraction of sp³-hybridized carbons (Fsp3) is 0.375. The van der Waals surface area contributed by atoms with Crippen LogP contribution in [0.5, 0.6) is 0 Å². The van der Waals surface area contributed by atoms with Gasteiger partial charge in [-0.15, -0.1) is 0 Å². The van der Waals surface area contributed by atoms with Crippen molar-refractivity contribution in [2.75, 3.05) is 20.1 Å². The second-order valence-corrected chi connectivity index (χ2v) is 5.41. The molecule has 2 aromatic rings. The van der Waals surface area contributed by atoms with Crippen LogP contribution in [0.4, 0.5) is 0 Å². The topological polar surface area (TPSA) is 58.4 Å². The van der Waals surface area contributed by atoms with Gasteiger partial charge in [0.05, 0.1) is 5.56 Å². The van der Waals surface area contributed by atoms with Gasteiger partial charge in [-0.05, 0) is 37.1 Å². The maximum Gasteiger partial charge on any atom is 0.274 e. The van der Waals surface area contributed by atoms with Crippen LogP contribution in [0.2, 0.25) is 0 Å². The Morgan fingerprint density at radius 2 is 2.29 bits per heavy atom. The average molecular weight is 285 g/mol. The van der Waals surface area contributed by atoms with Crippen LogP contribution in [-0.4, -0.2) is 36.1 Å². The third-order valence-electron chi connectivity index (χ3n) is 3.84. The van der Waals surface area contributed by atoms with E-state index in [-0.39, 0.29) is 5.91 Å². The van der Waals surface area contributed by atoms with Gasteiger partial charge in [0.25, 0.3) is 5.91 Å². The number of likely N-dealkylation sites (N-methyl/N-ethyl adjacent to an activating group) is 1. The molecule has 0 saturated heterocycles. The summed E-state index contributed by atoms with van der Waals surface area (Å²) in [5.74, 6) is -0.196. The highest BCUT2D eigenvalue weighted by Crippen LogP contribution is 2.28. The van der Waals surface area contributed by atoms with E-state index in [9.17, 15) is 4.79 Å². The zero-order chi connectivity index (χ0) is 14.8. The van der Waals surface area contributed by atoms with Crippen molar-refractivity contribution in [2.24, 2.45) is 0 Å². The highest BCUT2D eigenvalue weighted by atomic mass is 16.5. The lowest BCUT2D eigenvalue weighted by Gasteiger charge is -2.25. The Hall–Kier alpha value is -2.14. The summed E-state index contributed by atoms with van der Waals surface area (Å²) < 4.78 is 5.01. The van der Waals surface area contributed by atoms with Gasteiger partial charge in [0, 0.05) is 19.6 Å². The molecule has 1 aliphatic heterocycles. The van der Waals surface area contributed by atoms with E-state index in [0.29, 0.717) is 12.2 Å². The van der Waals surface area contributed by atoms with Gasteiger partial charge < -0.3 is 14.7 Å². The summed E-state index contributed by atoms with van der Waals surface area (Å²) in [5, 5.41) is 6.60. The molecule has 0 radical (unpaired) electrons. The smallest absolute Gasteiger partial charge is 0.274 e. The molecule has 0 bridgehead atoms. The monoisotopic (exact) mass is 285 g/mol. The molecule has 5 heteroatoms. The molecule has 5 nitrogen and oxygen atoms in total. The Bertz CT molecular complexity index is 663. The molecule has 21 heavy (non-hydrogen) atoms. The van der Waals surface area contributed by atoms with E-state index in [2.05, 4.69) is 34.6 Å². The number of rotatable bonds is 3. The zero-order valence-electron chi connectivity index (χ0n) is 12.3. The van der Waals surface area contributed by atoms with E-state index >= 15 is 0 Å². The number of benzene rings is 1. The third-order valence-corrected chi connectivity index (χ3v) is 3.84. The highest BCUT2D eigenvalue weighted by Gasteiger charge is 2.19. The van der Waals surface area contributed by atoms with Gasteiger partial charge in [0.15, 0.2) is 5.69 Å². The van der Waals surface area contributed by atoms with Crippen LogP contribution in [0.15, 0.2) is 29.0 Å². The Morgan fingerprint density at radius 3 is 3.10 bits per heavy atom. The Morgan fingerprint density at radius 1 is 1.43 bits per heavy atom. The van der Waals surface area contributed by atoms with Gasteiger partial charge in [0.1, 0.15) is 6.26 Å². The SMILES string of the molecule is CCNC(=O)c1nocc1-c1ccc2c(c1)CCN(C)C2. The second kappa shape index (κ2) is 5.69. The number of nitrogens with zero attached hydrogens (tertiary/aromatic N) is 2. The number of amides is 1. The quantitative estimate of drug-likeness (QED) is 0.938. The Kier molecular flexibility index (Phi) is 3.75. The largest absolute Gasteiger partial charge is 0.363 e. The van der Waals surface area contributed by atoms with E-state index < -0.39 is 0 Å². The number of aromatic nitrogens is 1. The highest BCUT2D eigenvalue weighted by molar-refractivity contribution is 5.98. The predicted octanol–water partition coefficient (Wildman–Crippen LogP) is 2.08. The molecule has 0 atom stereocenters. The molecule has 1 aromatic heterocycles. The van der Waals surface area contributed by atoms with Crippen molar-refractivity contribution < 1.29 is 9.32 Å². The van der Waals surface area contributed by atoms with Crippen LogP contribution in [0, 0.1) is 0 Å². The lowest BCUT2D eigenvalue weighted by Crippen LogP contribution is -2.26. The summed E-state index contributed by atoms with van der Waals surface area (Å²) >= 11 is 0. The molecule has 0 saturated carbocycles. The first-order valence-corrected chi connectivity index (χ1v) is 7.22. The Labute approximate surface area is 123 Å². The first kappa shape index (κ1) is 13.8. The number of hydrogen-bond donors (Lipinski definition) is 1. The van der Waals surface area contributed by atoms with Crippen LogP contribution in [0.1, 0.15) is 28.5 Å². The van der Waals surface area contributed by atoms with Crippen molar-refractivity contribution in [1.29, 1.82) is 0 Å².